The molecule has 4 bridgehead atoms. The van der Waals surface area contributed by atoms with Gasteiger partial charge in [-0.2, -0.15) is 0 Å². The largest absolute Gasteiger partial charge is 0.244 e. The third kappa shape index (κ3) is 4.98. The first-order valence-corrected chi connectivity index (χ1v) is 24.5. The van der Waals surface area contributed by atoms with E-state index in [-0.39, 0.29) is 5.41 Å². The molecule has 4 fully saturated rings. The molecule has 64 heavy (non-hydrogen) atoms. The highest BCUT2D eigenvalue weighted by Crippen LogP contribution is 2.70. The number of hydrogen-bond donors (Lipinski definition) is 0. The molecule has 1 spiro atoms. The van der Waals surface area contributed by atoms with Gasteiger partial charge < -0.3 is 0 Å². The summed E-state index contributed by atoms with van der Waals surface area (Å²) in [6.45, 7) is 0. The van der Waals surface area contributed by atoms with E-state index in [0.29, 0.717) is 29.3 Å². The van der Waals surface area contributed by atoms with Crippen molar-refractivity contribution in [1.29, 1.82) is 0 Å². The number of para-hydroxylation sites is 1. The van der Waals surface area contributed by atoms with Crippen molar-refractivity contribution in [3.8, 4) is 56.5 Å². The van der Waals surface area contributed by atoms with Crippen LogP contribution in [0.1, 0.15) is 43.2 Å². The summed E-state index contributed by atoms with van der Waals surface area (Å²) in [4.78, 5) is 21.6. The molecule has 304 valence electrons. The average molecular weight is 857 g/mol. The fraction of sp³-hybridized carbons (Fsp3) is 0.172. The molecular weight excluding hydrogens is 817 g/mol. The zero-order valence-corrected chi connectivity index (χ0v) is 36.6. The second-order valence-corrected chi connectivity index (χ2v) is 21.1. The first kappa shape index (κ1) is 35.8. The van der Waals surface area contributed by atoms with Gasteiger partial charge in [-0.25, -0.2) is 19.9 Å². The number of pyridine rings is 1. The van der Waals surface area contributed by atoms with Crippen LogP contribution >= 0.6 is 22.7 Å². The molecule has 4 saturated carbocycles. The highest BCUT2D eigenvalue weighted by atomic mass is 32.1. The summed E-state index contributed by atoms with van der Waals surface area (Å²) in [6.07, 6.45) is 6.79. The van der Waals surface area contributed by atoms with Crippen LogP contribution in [0.4, 0.5) is 0 Å². The van der Waals surface area contributed by atoms with Crippen LogP contribution in [-0.4, -0.2) is 19.9 Å². The number of nitrogens with zero attached hydrogens (tertiary/aromatic N) is 4. The topological polar surface area (TPSA) is 51.6 Å². The van der Waals surface area contributed by atoms with Crippen molar-refractivity contribution >= 4 is 73.9 Å². The van der Waals surface area contributed by atoms with Gasteiger partial charge in [0.1, 0.15) is 5.69 Å². The van der Waals surface area contributed by atoms with Crippen LogP contribution in [0.3, 0.4) is 0 Å². The fourth-order valence-electron chi connectivity index (χ4n) is 13.4. The smallest absolute Gasteiger partial charge is 0.182 e. The molecule has 0 amide bonds. The van der Waals surface area contributed by atoms with E-state index in [1.165, 1.54) is 100 Å². The SMILES string of the molecule is c1ccc2c(c1)-c1cc(-c3nc(-c4ccc5ccccc5n4)nc(-c4cccc5c4sc4ccccc45)n3)c(-c3ccc4sc5ccccc5c4c3)cc1C21C2CC3CC(C2)CC1C3. The molecule has 11 aromatic rings. The molecule has 0 aliphatic heterocycles. The Morgan fingerprint density at radius 2 is 1.06 bits per heavy atom. The molecule has 4 aromatic heterocycles. The lowest BCUT2D eigenvalue weighted by molar-refractivity contribution is -0.0399. The van der Waals surface area contributed by atoms with Crippen LogP contribution in [-0.2, 0) is 5.41 Å². The Labute approximate surface area is 378 Å². The molecule has 0 unspecified atom stereocenters. The molecular formula is C58H40N4S2. The highest BCUT2D eigenvalue weighted by Gasteiger charge is 2.61. The van der Waals surface area contributed by atoms with E-state index in [9.17, 15) is 0 Å². The number of aromatic nitrogens is 4. The van der Waals surface area contributed by atoms with Crippen molar-refractivity contribution in [3.05, 3.63) is 169 Å². The Bertz CT molecular complexity index is 3760. The van der Waals surface area contributed by atoms with Crippen LogP contribution in [0.25, 0.3) is 108 Å². The monoisotopic (exact) mass is 856 g/mol. The summed E-state index contributed by atoms with van der Waals surface area (Å²) >= 11 is 3.68. The second kappa shape index (κ2) is 13.2. The van der Waals surface area contributed by atoms with Crippen LogP contribution in [0, 0.1) is 23.7 Å². The van der Waals surface area contributed by atoms with Gasteiger partial charge in [0.25, 0.3) is 0 Å². The Kier molecular flexibility index (Phi) is 7.40. The van der Waals surface area contributed by atoms with E-state index in [4.69, 9.17) is 19.9 Å². The summed E-state index contributed by atoms with van der Waals surface area (Å²) in [5.41, 5.74) is 11.9. The van der Waals surface area contributed by atoms with Gasteiger partial charge in [0, 0.05) is 62.3 Å². The van der Waals surface area contributed by atoms with E-state index in [1.54, 1.807) is 5.56 Å². The third-order valence-electron chi connectivity index (χ3n) is 15.7. The van der Waals surface area contributed by atoms with E-state index < -0.39 is 0 Å². The summed E-state index contributed by atoms with van der Waals surface area (Å²) in [5.74, 6) is 4.96. The highest BCUT2D eigenvalue weighted by molar-refractivity contribution is 7.26. The van der Waals surface area contributed by atoms with E-state index in [0.717, 1.165) is 39.6 Å². The third-order valence-corrected chi connectivity index (χ3v) is 18.1. The first-order chi connectivity index (χ1) is 31.6. The first-order valence-electron chi connectivity index (χ1n) is 22.9. The minimum absolute atomic E-state index is 0.0209. The molecule has 0 radical (unpaired) electrons. The van der Waals surface area contributed by atoms with Gasteiger partial charge in [-0.15, -0.1) is 22.7 Å². The van der Waals surface area contributed by atoms with Gasteiger partial charge in [0.15, 0.2) is 17.5 Å². The van der Waals surface area contributed by atoms with E-state index in [2.05, 4.69) is 152 Å². The average Bonchev–Trinajstić information content (AvgIpc) is 4.00. The molecule has 0 atom stereocenters. The predicted molar refractivity (Wildman–Crippen MR) is 266 cm³/mol. The molecule has 5 aliphatic carbocycles. The minimum Gasteiger partial charge on any atom is -0.244 e. The molecule has 5 aliphatic rings. The number of rotatable bonds is 4. The van der Waals surface area contributed by atoms with E-state index >= 15 is 0 Å². The predicted octanol–water partition coefficient (Wildman–Crippen LogP) is 15.5. The second-order valence-electron chi connectivity index (χ2n) is 18.9. The summed E-state index contributed by atoms with van der Waals surface area (Å²) < 4.78 is 5.06. The van der Waals surface area contributed by atoms with Gasteiger partial charge in [0.2, 0.25) is 0 Å². The summed E-state index contributed by atoms with van der Waals surface area (Å²) in [6, 6.07) is 58.2. The number of benzene rings is 7. The lowest BCUT2D eigenvalue weighted by Crippen LogP contribution is -2.55. The van der Waals surface area contributed by atoms with Gasteiger partial charge in [-0.3, -0.25) is 0 Å². The van der Waals surface area contributed by atoms with Crippen molar-refractivity contribution in [1.82, 2.24) is 19.9 Å². The van der Waals surface area contributed by atoms with Crippen LogP contribution < -0.4 is 0 Å². The quantitative estimate of drug-likeness (QED) is 0.177. The zero-order valence-electron chi connectivity index (χ0n) is 35.0. The summed E-state index contributed by atoms with van der Waals surface area (Å²) in [5, 5.41) is 6.17. The normalized spacial score (nSPS) is 21.8. The van der Waals surface area contributed by atoms with Crippen LogP contribution in [0.2, 0.25) is 0 Å². The maximum Gasteiger partial charge on any atom is 0.182 e. The Balaban J connectivity index is 1.03. The number of fused-ring (bicyclic) bond motifs is 10. The Hall–Kier alpha value is -6.60. The van der Waals surface area contributed by atoms with Crippen LogP contribution in [0.5, 0.6) is 0 Å². The minimum atomic E-state index is 0.0209. The molecule has 16 rings (SSSR count). The zero-order chi connectivity index (χ0) is 41.7. The van der Waals surface area contributed by atoms with E-state index in [1.807, 2.05) is 28.7 Å². The maximum atomic E-state index is 5.59. The van der Waals surface area contributed by atoms with Crippen LogP contribution in [0.15, 0.2) is 158 Å². The van der Waals surface area contributed by atoms with Gasteiger partial charge >= 0.3 is 0 Å². The van der Waals surface area contributed by atoms with Crippen molar-refractivity contribution in [2.24, 2.45) is 23.7 Å². The van der Waals surface area contributed by atoms with Crippen molar-refractivity contribution < 1.29 is 0 Å². The van der Waals surface area contributed by atoms with Crippen molar-refractivity contribution in [3.63, 3.8) is 0 Å². The standard InChI is InChI=1S/C58H40N4S2/c1-6-17-49-34(10-1)20-22-50(59-49)57-61-55(42-15-9-14-41-39-12-3-8-19-52(39)64-54(41)42)60-56(62-57)46-30-44-38-11-2-5-16-47(38)58(36-25-32-24-33(27-36)28-37(58)26-32)48(44)31-43(46)35-21-23-53-45(29-35)40-13-4-7-18-51(40)63-53/h1-23,29-33,36-37H,24-28H2. The van der Waals surface area contributed by atoms with Crippen molar-refractivity contribution in [2.75, 3.05) is 0 Å². The fourth-order valence-corrected chi connectivity index (χ4v) is 15.7. The molecule has 6 heteroatoms. The molecule has 0 saturated heterocycles. The lowest BCUT2D eigenvalue weighted by Gasteiger charge is -2.61. The number of thiophene rings is 2. The molecule has 4 heterocycles. The molecule has 0 N–H and O–H groups in total. The Morgan fingerprint density at radius 1 is 0.406 bits per heavy atom. The van der Waals surface area contributed by atoms with Gasteiger partial charge in [0.05, 0.1) is 5.52 Å². The lowest BCUT2D eigenvalue weighted by atomic mass is 9.43. The summed E-state index contributed by atoms with van der Waals surface area (Å²) in [7, 11) is 0. The molecule has 7 aromatic carbocycles. The Morgan fingerprint density at radius 3 is 1.91 bits per heavy atom. The van der Waals surface area contributed by atoms with Crippen molar-refractivity contribution in [2.45, 2.75) is 37.5 Å². The number of hydrogen-bond acceptors (Lipinski definition) is 6. The van der Waals surface area contributed by atoms with Gasteiger partial charge in [-0.1, -0.05) is 103 Å². The molecule has 4 nitrogen and oxygen atoms in total. The maximum absolute atomic E-state index is 5.59. The van der Waals surface area contributed by atoms with Gasteiger partial charge in [-0.05, 0) is 144 Å².